The molecule has 0 aliphatic heterocycles. The minimum absolute atomic E-state index is 0.723. The van der Waals surface area contributed by atoms with Gasteiger partial charge < -0.3 is 5.32 Å². The van der Waals surface area contributed by atoms with Gasteiger partial charge in [0.05, 0.1) is 14.8 Å². The third kappa shape index (κ3) is 2.57. The summed E-state index contributed by atoms with van der Waals surface area (Å²) in [5.41, 5.74) is 2.96. The maximum atomic E-state index is 4.72. The molecular formula is C16H15IN4. The molecule has 0 saturated carbocycles. The van der Waals surface area contributed by atoms with E-state index in [-0.39, 0.29) is 0 Å². The average Bonchev–Trinajstić information content (AvgIpc) is 2.54. The molecule has 0 atom stereocenters. The summed E-state index contributed by atoms with van der Waals surface area (Å²) in [5, 5.41) is 4.25. The number of nitrogens with one attached hydrogen (secondary N) is 1. The van der Waals surface area contributed by atoms with Crippen LogP contribution in [0.15, 0.2) is 36.5 Å². The average molecular weight is 390 g/mol. The lowest BCUT2D eigenvalue weighted by atomic mass is 10.1. The number of aromatic nitrogens is 3. The van der Waals surface area contributed by atoms with Crippen LogP contribution >= 0.6 is 22.6 Å². The van der Waals surface area contributed by atoms with Crippen LogP contribution in [0.3, 0.4) is 0 Å². The Bertz CT molecular complexity index is 771. The minimum atomic E-state index is 0.723. The molecule has 0 amide bonds. The number of aryl methyl sites for hydroxylation is 1. The first kappa shape index (κ1) is 14.2. The topological polar surface area (TPSA) is 50.7 Å². The number of rotatable bonds is 3. The van der Waals surface area contributed by atoms with Crippen molar-refractivity contribution < 1.29 is 0 Å². The van der Waals surface area contributed by atoms with Crippen molar-refractivity contribution in [3.63, 3.8) is 0 Å². The third-order valence-corrected chi connectivity index (χ3v) is 4.50. The van der Waals surface area contributed by atoms with Gasteiger partial charge >= 0.3 is 0 Å². The first-order chi connectivity index (χ1) is 10.2. The molecule has 1 aromatic carbocycles. The number of benzene rings is 1. The molecular weight excluding hydrogens is 375 g/mol. The molecule has 2 aromatic heterocycles. The van der Waals surface area contributed by atoms with Crippen molar-refractivity contribution >= 4 is 39.3 Å². The molecule has 5 heteroatoms. The summed E-state index contributed by atoms with van der Waals surface area (Å²) in [6.45, 7) is 2.11. The fraction of sp³-hybridized carbons (Fsp3) is 0.188. The number of halogens is 1. The van der Waals surface area contributed by atoms with Gasteiger partial charge in [0.2, 0.25) is 0 Å². The van der Waals surface area contributed by atoms with Crippen LogP contribution in [0.2, 0.25) is 0 Å². The Morgan fingerprint density at radius 2 is 1.95 bits per heavy atom. The quantitative estimate of drug-likeness (QED) is 0.690. The molecule has 3 rings (SSSR count). The first-order valence-corrected chi connectivity index (χ1v) is 7.90. The largest absolute Gasteiger partial charge is 0.372 e. The molecule has 106 valence electrons. The van der Waals surface area contributed by atoms with E-state index >= 15 is 0 Å². The van der Waals surface area contributed by atoms with Gasteiger partial charge in [0.15, 0.2) is 5.82 Å². The zero-order chi connectivity index (χ0) is 14.8. The van der Waals surface area contributed by atoms with Crippen LogP contribution in [0.25, 0.3) is 22.3 Å². The van der Waals surface area contributed by atoms with Crippen molar-refractivity contribution in [2.75, 3.05) is 12.4 Å². The lowest BCUT2D eigenvalue weighted by molar-refractivity contribution is 0.990. The molecule has 3 aromatic rings. The molecule has 21 heavy (non-hydrogen) atoms. The van der Waals surface area contributed by atoms with Crippen molar-refractivity contribution in [1.29, 1.82) is 0 Å². The second-order valence-electron chi connectivity index (χ2n) is 4.64. The third-order valence-electron chi connectivity index (χ3n) is 3.37. The summed E-state index contributed by atoms with van der Waals surface area (Å²) in [5.74, 6) is 1.59. The van der Waals surface area contributed by atoms with Gasteiger partial charge in [0.25, 0.3) is 0 Å². The van der Waals surface area contributed by atoms with Crippen molar-refractivity contribution in [3.8, 4) is 11.4 Å². The fourth-order valence-corrected chi connectivity index (χ4v) is 3.19. The molecule has 0 spiro atoms. The Morgan fingerprint density at radius 3 is 2.71 bits per heavy atom. The van der Waals surface area contributed by atoms with Gasteiger partial charge in [0, 0.05) is 24.2 Å². The van der Waals surface area contributed by atoms with E-state index in [9.17, 15) is 0 Å². The van der Waals surface area contributed by atoms with Crippen molar-refractivity contribution in [3.05, 3.63) is 45.8 Å². The van der Waals surface area contributed by atoms with Crippen LogP contribution in [0, 0.1) is 3.57 Å². The molecule has 1 N–H and O–H groups in total. The number of para-hydroxylation sites is 1. The van der Waals surface area contributed by atoms with Gasteiger partial charge in [-0.1, -0.05) is 25.1 Å². The monoisotopic (exact) mass is 390 g/mol. The Hall–Kier alpha value is -1.76. The van der Waals surface area contributed by atoms with Gasteiger partial charge in [-0.2, -0.15) is 0 Å². The van der Waals surface area contributed by atoms with Crippen LogP contribution in [-0.2, 0) is 6.42 Å². The summed E-state index contributed by atoms with van der Waals surface area (Å²) in [4.78, 5) is 13.9. The Balaban J connectivity index is 2.28. The highest BCUT2D eigenvalue weighted by atomic mass is 127. The lowest BCUT2D eigenvalue weighted by Crippen LogP contribution is -2.05. The lowest BCUT2D eigenvalue weighted by Gasteiger charge is -2.11. The standard InChI is InChI=1S/C16H15IN4/c1-3-12-13(17)16(18-2)21-15(20-12)11-8-4-6-10-7-5-9-19-14(10)11/h4-9H,3H2,1-2H3,(H,18,20,21). The van der Waals surface area contributed by atoms with E-state index < -0.39 is 0 Å². The van der Waals surface area contributed by atoms with E-state index in [1.807, 2.05) is 25.2 Å². The molecule has 2 heterocycles. The molecule has 0 aliphatic rings. The highest BCUT2D eigenvalue weighted by Crippen LogP contribution is 2.28. The van der Waals surface area contributed by atoms with E-state index in [2.05, 4.69) is 56.9 Å². The van der Waals surface area contributed by atoms with Crippen molar-refractivity contribution in [2.45, 2.75) is 13.3 Å². The Labute approximate surface area is 137 Å². The highest BCUT2D eigenvalue weighted by Gasteiger charge is 2.13. The number of hydrogen-bond acceptors (Lipinski definition) is 4. The highest BCUT2D eigenvalue weighted by molar-refractivity contribution is 14.1. The molecule has 0 radical (unpaired) electrons. The number of nitrogens with zero attached hydrogens (tertiary/aromatic N) is 3. The minimum Gasteiger partial charge on any atom is -0.372 e. The maximum absolute atomic E-state index is 4.72. The molecule has 0 aliphatic carbocycles. The molecule has 0 unspecified atom stereocenters. The van der Waals surface area contributed by atoms with Crippen LogP contribution in [-0.4, -0.2) is 22.0 Å². The smallest absolute Gasteiger partial charge is 0.164 e. The zero-order valence-corrected chi connectivity index (χ0v) is 14.0. The van der Waals surface area contributed by atoms with E-state index in [1.54, 1.807) is 6.20 Å². The summed E-state index contributed by atoms with van der Waals surface area (Å²) in [6.07, 6.45) is 2.68. The molecule has 0 bridgehead atoms. The fourth-order valence-electron chi connectivity index (χ4n) is 2.30. The predicted molar refractivity (Wildman–Crippen MR) is 94.4 cm³/mol. The maximum Gasteiger partial charge on any atom is 0.164 e. The van der Waals surface area contributed by atoms with E-state index in [1.165, 1.54) is 0 Å². The first-order valence-electron chi connectivity index (χ1n) is 6.83. The normalized spacial score (nSPS) is 10.8. The number of anilines is 1. The van der Waals surface area contributed by atoms with Gasteiger partial charge in [-0.25, -0.2) is 9.97 Å². The van der Waals surface area contributed by atoms with E-state index in [0.717, 1.165) is 43.8 Å². The summed E-state index contributed by atoms with van der Waals surface area (Å²) in [6, 6.07) is 10.1. The SMILES string of the molecule is CCc1nc(-c2cccc3cccnc23)nc(NC)c1I. The van der Waals surface area contributed by atoms with E-state index in [4.69, 9.17) is 4.98 Å². The van der Waals surface area contributed by atoms with Gasteiger partial charge in [-0.05, 0) is 41.1 Å². The summed E-state index contributed by atoms with van der Waals surface area (Å²) < 4.78 is 1.08. The van der Waals surface area contributed by atoms with Gasteiger partial charge in [-0.3, -0.25) is 4.98 Å². The molecule has 4 nitrogen and oxygen atoms in total. The number of pyridine rings is 1. The number of hydrogen-bond donors (Lipinski definition) is 1. The Morgan fingerprint density at radius 1 is 1.14 bits per heavy atom. The van der Waals surface area contributed by atoms with Gasteiger partial charge in [-0.15, -0.1) is 0 Å². The van der Waals surface area contributed by atoms with Crippen LogP contribution in [0.1, 0.15) is 12.6 Å². The van der Waals surface area contributed by atoms with Crippen LogP contribution in [0.5, 0.6) is 0 Å². The number of fused-ring (bicyclic) bond motifs is 1. The van der Waals surface area contributed by atoms with E-state index in [0.29, 0.717) is 0 Å². The zero-order valence-electron chi connectivity index (χ0n) is 11.9. The predicted octanol–water partition coefficient (Wildman–Crippen LogP) is 3.90. The van der Waals surface area contributed by atoms with Gasteiger partial charge in [0.1, 0.15) is 5.82 Å². The van der Waals surface area contributed by atoms with Crippen molar-refractivity contribution in [1.82, 2.24) is 15.0 Å². The van der Waals surface area contributed by atoms with Crippen LogP contribution < -0.4 is 5.32 Å². The van der Waals surface area contributed by atoms with Crippen molar-refractivity contribution in [2.24, 2.45) is 0 Å². The summed E-state index contributed by atoms with van der Waals surface area (Å²) >= 11 is 2.29. The molecule has 0 fully saturated rings. The second-order valence-corrected chi connectivity index (χ2v) is 5.72. The van der Waals surface area contributed by atoms with Crippen LogP contribution in [0.4, 0.5) is 5.82 Å². The molecule has 0 saturated heterocycles. The summed E-state index contributed by atoms with van der Waals surface area (Å²) in [7, 11) is 1.88. The second kappa shape index (κ2) is 5.93. The Kier molecular flexibility index (Phi) is 4.01.